The van der Waals surface area contributed by atoms with Crippen LogP contribution in [0.15, 0.2) is 36.7 Å². The number of carbonyl (C=O) groups excluding carboxylic acids is 2. The molecule has 3 heterocycles. The number of methoxy groups -OCH3 is 1. The fourth-order valence-corrected chi connectivity index (χ4v) is 4.22. The van der Waals surface area contributed by atoms with Crippen molar-refractivity contribution in [3.63, 3.8) is 0 Å². The van der Waals surface area contributed by atoms with Gasteiger partial charge >= 0.3 is 0 Å². The molecule has 33 heavy (non-hydrogen) atoms. The van der Waals surface area contributed by atoms with Crippen molar-refractivity contribution in [3.8, 4) is 11.4 Å². The first-order valence-corrected chi connectivity index (χ1v) is 11.0. The molecule has 1 aliphatic rings. The van der Waals surface area contributed by atoms with E-state index in [1.165, 1.54) is 7.11 Å². The van der Waals surface area contributed by atoms with Crippen LogP contribution in [0.25, 0.3) is 22.4 Å². The highest BCUT2D eigenvalue weighted by molar-refractivity contribution is 6.08. The number of hydrogen-bond acceptors (Lipinski definition) is 6. The third-order valence-electron chi connectivity index (χ3n) is 5.80. The number of rotatable bonds is 7. The maximum absolute atomic E-state index is 13.6. The summed E-state index contributed by atoms with van der Waals surface area (Å²) in [4.78, 5) is 36.2. The maximum Gasteiger partial charge on any atom is 0.255 e. The van der Waals surface area contributed by atoms with Crippen LogP contribution in [0.3, 0.4) is 0 Å². The van der Waals surface area contributed by atoms with Gasteiger partial charge in [0.15, 0.2) is 0 Å². The number of likely N-dealkylation sites (N-methyl/N-ethyl adjacent to an activating group) is 1. The number of imidazole rings is 1. The van der Waals surface area contributed by atoms with Crippen molar-refractivity contribution in [1.29, 1.82) is 0 Å². The average Bonchev–Trinajstić information content (AvgIpc) is 3.15. The highest BCUT2D eigenvalue weighted by Gasteiger charge is 2.24. The van der Waals surface area contributed by atoms with Gasteiger partial charge in [0.1, 0.15) is 12.4 Å². The number of carbonyl (C=O) groups is 2. The molecule has 4 rings (SSSR count). The van der Waals surface area contributed by atoms with Crippen LogP contribution in [0.5, 0.6) is 0 Å². The molecule has 1 atom stereocenters. The normalized spacial score (nSPS) is 16.0. The lowest BCUT2D eigenvalue weighted by atomic mass is 10.1. The Morgan fingerprint density at radius 1 is 1.27 bits per heavy atom. The lowest BCUT2D eigenvalue weighted by Crippen LogP contribution is -2.37. The van der Waals surface area contributed by atoms with Crippen molar-refractivity contribution in [2.24, 2.45) is 7.05 Å². The van der Waals surface area contributed by atoms with Crippen LogP contribution in [0.4, 0.5) is 5.69 Å². The van der Waals surface area contributed by atoms with Crippen LogP contribution in [-0.4, -0.2) is 71.3 Å². The fraction of sp³-hybridized carbons (Fsp3) is 0.417. The Balaban J connectivity index is 1.75. The zero-order valence-electron chi connectivity index (χ0n) is 19.2. The Kier molecular flexibility index (Phi) is 7.00. The number of aromatic nitrogens is 3. The van der Waals surface area contributed by atoms with Crippen LogP contribution in [-0.2, 0) is 21.3 Å². The third kappa shape index (κ3) is 5.04. The summed E-state index contributed by atoms with van der Waals surface area (Å²) in [5.74, 6) is 0.255. The van der Waals surface area contributed by atoms with Gasteiger partial charge in [0, 0.05) is 58.0 Å². The Morgan fingerprint density at radius 3 is 2.76 bits per heavy atom. The number of nitrogens with zero attached hydrogens (tertiary/aromatic N) is 4. The summed E-state index contributed by atoms with van der Waals surface area (Å²) in [6.45, 7) is 1.16. The van der Waals surface area contributed by atoms with E-state index in [9.17, 15) is 9.59 Å². The number of hydrogen-bond donors (Lipinski definition) is 1. The second-order valence-electron chi connectivity index (χ2n) is 8.28. The first-order valence-electron chi connectivity index (χ1n) is 11.0. The van der Waals surface area contributed by atoms with Gasteiger partial charge in [-0.3, -0.25) is 14.6 Å². The van der Waals surface area contributed by atoms with E-state index in [-0.39, 0.29) is 24.5 Å². The molecule has 1 N–H and O–H groups in total. The van der Waals surface area contributed by atoms with E-state index in [1.807, 2.05) is 23.7 Å². The van der Waals surface area contributed by atoms with Gasteiger partial charge in [-0.15, -0.1) is 0 Å². The van der Waals surface area contributed by atoms with Crippen molar-refractivity contribution >= 4 is 28.5 Å². The zero-order chi connectivity index (χ0) is 23.4. The molecule has 1 saturated heterocycles. The first-order chi connectivity index (χ1) is 16.0. The molecule has 3 aromatic rings. The Labute approximate surface area is 192 Å². The Bertz CT molecular complexity index is 1140. The topological polar surface area (TPSA) is 98.6 Å². The van der Waals surface area contributed by atoms with E-state index >= 15 is 0 Å². The third-order valence-corrected chi connectivity index (χ3v) is 5.80. The van der Waals surface area contributed by atoms with E-state index in [0.717, 1.165) is 31.4 Å². The van der Waals surface area contributed by atoms with Crippen LogP contribution < -0.4 is 5.32 Å². The molecule has 1 aliphatic heterocycles. The SMILES string of the molecule is COCC(=O)Nc1cc(C(=O)N(C)C[C@H]2CCCCO2)c2c(c1)nc(-c1ccncc1)n2C. The summed E-state index contributed by atoms with van der Waals surface area (Å²) in [7, 11) is 5.12. The Morgan fingerprint density at radius 2 is 2.06 bits per heavy atom. The smallest absolute Gasteiger partial charge is 0.255 e. The molecular weight excluding hydrogens is 422 g/mol. The van der Waals surface area contributed by atoms with E-state index in [1.54, 1.807) is 36.5 Å². The second kappa shape index (κ2) is 10.1. The monoisotopic (exact) mass is 451 g/mol. The number of pyridine rings is 1. The minimum atomic E-state index is -0.301. The summed E-state index contributed by atoms with van der Waals surface area (Å²) in [6.07, 6.45) is 6.55. The van der Waals surface area contributed by atoms with Crippen molar-refractivity contribution in [3.05, 3.63) is 42.2 Å². The second-order valence-corrected chi connectivity index (χ2v) is 8.28. The van der Waals surface area contributed by atoms with Crippen LogP contribution in [0.2, 0.25) is 0 Å². The van der Waals surface area contributed by atoms with E-state index in [4.69, 9.17) is 14.5 Å². The van der Waals surface area contributed by atoms with Crippen LogP contribution >= 0.6 is 0 Å². The molecular formula is C24H29N5O4. The fourth-order valence-electron chi connectivity index (χ4n) is 4.22. The van der Waals surface area contributed by atoms with Crippen molar-refractivity contribution in [1.82, 2.24) is 19.4 Å². The number of ether oxygens (including phenoxy) is 2. The van der Waals surface area contributed by atoms with Crippen LogP contribution in [0, 0.1) is 0 Å². The molecule has 0 unspecified atom stereocenters. The lowest BCUT2D eigenvalue weighted by Gasteiger charge is -2.27. The number of benzene rings is 1. The predicted octanol–water partition coefficient (Wildman–Crippen LogP) is 2.86. The van der Waals surface area contributed by atoms with E-state index in [2.05, 4.69) is 10.3 Å². The molecule has 0 spiro atoms. The molecule has 0 aliphatic carbocycles. The van der Waals surface area contributed by atoms with E-state index < -0.39 is 0 Å². The average molecular weight is 452 g/mol. The molecule has 2 aromatic heterocycles. The van der Waals surface area contributed by atoms with Gasteiger partial charge in [-0.2, -0.15) is 0 Å². The van der Waals surface area contributed by atoms with Crippen molar-refractivity contribution < 1.29 is 19.1 Å². The van der Waals surface area contributed by atoms with Gasteiger partial charge < -0.3 is 24.3 Å². The highest BCUT2D eigenvalue weighted by atomic mass is 16.5. The molecule has 9 heteroatoms. The number of amides is 2. The molecule has 9 nitrogen and oxygen atoms in total. The van der Waals surface area contributed by atoms with Gasteiger partial charge in [0.05, 0.1) is 22.7 Å². The van der Waals surface area contributed by atoms with Gasteiger partial charge in [0.25, 0.3) is 5.91 Å². The first kappa shape index (κ1) is 22.9. The maximum atomic E-state index is 13.6. The van der Waals surface area contributed by atoms with Gasteiger partial charge in [-0.05, 0) is 43.5 Å². The number of nitrogens with one attached hydrogen (secondary N) is 1. The predicted molar refractivity (Wildman–Crippen MR) is 125 cm³/mol. The summed E-state index contributed by atoms with van der Waals surface area (Å²) < 4.78 is 12.6. The summed E-state index contributed by atoms with van der Waals surface area (Å²) in [6, 6.07) is 7.22. The highest BCUT2D eigenvalue weighted by Crippen LogP contribution is 2.30. The largest absolute Gasteiger partial charge is 0.376 e. The van der Waals surface area contributed by atoms with Crippen molar-refractivity contribution in [2.75, 3.05) is 39.2 Å². The number of aryl methyl sites for hydroxylation is 1. The number of anilines is 1. The molecule has 174 valence electrons. The summed E-state index contributed by atoms with van der Waals surface area (Å²) in [5, 5.41) is 2.80. The van der Waals surface area contributed by atoms with Crippen LogP contribution in [0.1, 0.15) is 29.6 Å². The zero-order valence-corrected chi connectivity index (χ0v) is 19.2. The molecule has 2 amide bonds. The van der Waals surface area contributed by atoms with Gasteiger partial charge in [-0.1, -0.05) is 0 Å². The molecule has 1 aromatic carbocycles. The standard InChI is InChI=1S/C24H29N5O4/c1-28(14-18-6-4-5-11-33-18)24(31)19-12-17(26-21(30)15-32-3)13-20-22(19)29(2)23(27-20)16-7-9-25-10-8-16/h7-10,12-13,18H,4-6,11,14-15H2,1-3H3,(H,26,30)/t18-/m1/s1. The molecule has 0 saturated carbocycles. The molecule has 1 fully saturated rings. The molecule has 0 radical (unpaired) electrons. The van der Waals surface area contributed by atoms with E-state index in [0.29, 0.717) is 34.7 Å². The molecule has 0 bridgehead atoms. The summed E-state index contributed by atoms with van der Waals surface area (Å²) >= 11 is 0. The van der Waals surface area contributed by atoms with Gasteiger partial charge in [-0.25, -0.2) is 4.98 Å². The lowest BCUT2D eigenvalue weighted by molar-refractivity contribution is -0.119. The summed E-state index contributed by atoms with van der Waals surface area (Å²) in [5.41, 5.74) is 3.16. The number of fused-ring (bicyclic) bond motifs is 1. The quantitative estimate of drug-likeness (QED) is 0.593. The Hall–Kier alpha value is -3.30. The minimum Gasteiger partial charge on any atom is -0.376 e. The van der Waals surface area contributed by atoms with Gasteiger partial charge in [0.2, 0.25) is 5.91 Å². The van der Waals surface area contributed by atoms with Crippen molar-refractivity contribution in [2.45, 2.75) is 25.4 Å². The minimum absolute atomic E-state index is 0.0340.